The average molecular weight is 401 g/mol. The predicted octanol–water partition coefficient (Wildman–Crippen LogP) is 3.50. The molecule has 1 N–H and O–H groups in total. The minimum Gasteiger partial charge on any atom is -0.392 e. The fraction of sp³-hybridized carbons (Fsp3) is 0.565. The molecule has 6 heteroatoms. The van der Waals surface area contributed by atoms with Crippen molar-refractivity contribution in [3.63, 3.8) is 0 Å². The van der Waals surface area contributed by atoms with Crippen molar-refractivity contribution in [1.82, 2.24) is 14.9 Å². The zero-order chi connectivity index (χ0) is 20.8. The monoisotopic (exact) mass is 400 g/mol. The Morgan fingerprint density at radius 3 is 2.59 bits per heavy atom. The van der Waals surface area contributed by atoms with Crippen LogP contribution in [0.4, 0.5) is 10.2 Å². The number of hydrogen-bond acceptors (Lipinski definition) is 5. The van der Waals surface area contributed by atoms with Gasteiger partial charge in [-0.25, -0.2) is 14.4 Å². The van der Waals surface area contributed by atoms with E-state index in [0.717, 1.165) is 80.4 Å². The Bertz CT molecular complexity index is 805. The molecule has 2 heterocycles. The van der Waals surface area contributed by atoms with Crippen LogP contribution in [0.15, 0.2) is 24.3 Å². The first-order valence-electron chi connectivity index (χ1n) is 10.7. The molecule has 3 rings (SSSR count). The third-order valence-electron chi connectivity index (χ3n) is 5.61. The summed E-state index contributed by atoms with van der Waals surface area (Å²) < 4.78 is 13.6. The zero-order valence-corrected chi connectivity index (χ0v) is 17.9. The first-order chi connectivity index (χ1) is 14.0. The van der Waals surface area contributed by atoms with Gasteiger partial charge in [0, 0.05) is 50.4 Å². The Morgan fingerprint density at radius 1 is 1.14 bits per heavy atom. The Labute approximate surface area is 173 Å². The molecule has 0 bridgehead atoms. The molecule has 0 spiro atoms. The Kier molecular flexibility index (Phi) is 7.56. The van der Waals surface area contributed by atoms with Crippen LogP contribution in [0.3, 0.4) is 0 Å². The van der Waals surface area contributed by atoms with Crippen molar-refractivity contribution in [2.75, 3.05) is 37.6 Å². The molecule has 2 aromatic rings. The predicted molar refractivity (Wildman–Crippen MR) is 115 cm³/mol. The lowest BCUT2D eigenvalue weighted by molar-refractivity contribution is 0.100. The molecule has 0 radical (unpaired) electrons. The van der Waals surface area contributed by atoms with E-state index in [1.807, 2.05) is 19.9 Å². The lowest BCUT2D eigenvalue weighted by atomic mass is 10.0. The van der Waals surface area contributed by atoms with Crippen LogP contribution in [0, 0.1) is 19.7 Å². The van der Waals surface area contributed by atoms with E-state index in [1.165, 1.54) is 6.07 Å². The normalized spacial score (nSPS) is 16.2. The third-order valence-corrected chi connectivity index (χ3v) is 5.61. The maximum Gasteiger partial charge on any atom is 0.136 e. The average Bonchev–Trinajstić information content (AvgIpc) is 2.69. The van der Waals surface area contributed by atoms with Gasteiger partial charge < -0.3 is 10.0 Å². The fourth-order valence-corrected chi connectivity index (χ4v) is 4.01. The number of aliphatic hydroxyl groups is 1. The van der Waals surface area contributed by atoms with Crippen molar-refractivity contribution in [3.05, 3.63) is 52.7 Å². The molecule has 1 atom stereocenters. The van der Waals surface area contributed by atoms with Gasteiger partial charge in [-0.3, -0.25) is 4.90 Å². The van der Waals surface area contributed by atoms with Crippen LogP contribution < -0.4 is 4.90 Å². The smallest absolute Gasteiger partial charge is 0.136 e. The highest BCUT2D eigenvalue weighted by Crippen LogP contribution is 2.25. The van der Waals surface area contributed by atoms with Crippen LogP contribution in [0.5, 0.6) is 0 Å². The first kappa shape index (κ1) is 21.7. The van der Waals surface area contributed by atoms with Crippen LogP contribution in [-0.4, -0.2) is 58.8 Å². The van der Waals surface area contributed by atoms with Crippen molar-refractivity contribution in [2.24, 2.45) is 0 Å². The summed E-state index contributed by atoms with van der Waals surface area (Å²) >= 11 is 0. The van der Waals surface area contributed by atoms with Crippen LogP contribution >= 0.6 is 0 Å². The lowest BCUT2D eigenvalue weighted by Crippen LogP contribution is -2.49. The van der Waals surface area contributed by atoms with Gasteiger partial charge in [-0.05, 0) is 38.0 Å². The van der Waals surface area contributed by atoms with Gasteiger partial charge in [-0.2, -0.15) is 0 Å². The molecule has 0 amide bonds. The van der Waals surface area contributed by atoms with Crippen molar-refractivity contribution in [3.8, 4) is 0 Å². The first-order valence-corrected chi connectivity index (χ1v) is 10.7. The Hall–Kier alpha value is -2.05. The van der Waals surface area contributed by atoms with E-state index in [4.69, 9.17) is 4.98 Å². The minimum atomic E-state index is -0.242. The largest absolute Gasteiger partial charge is 0.392 e. The Balaban J connectivity index is 1.70. The number of anilines is 1. The molecule has 1 aliphatic heterocycles. The van der Waals surface area contributed by atoms with Crippen molar-refractivity contribution >= 4 is 5.82 Å². The standard InChI is InChI=1S/C23H33FN4O/c1-4-5-9-21(29)16-27-10-12-28(13-11-27)23-22(17(2)25-18(3)26-23)15-19-7-6-8-20(24)14-19/h6-8,14,21,29H,4-5,9-13,15-16H2,1-3H3. The third kappa shape index (κ3) is 5.97. The molecule has 1 unspecified atom stereocenters. The number of unbranched alkanes of at least 4 members (excludes halogenated alkanes) is 1. The van der Waals surface area contributed by atoms with Gasteiger partial charge >= 0.3 is 0 Å². The van der Waals surface area contributed by atoms with Gasteiger partial charge in [0.05, 0.1) is 6.10 Å². The van der Waals surface area contributed by atoms with E-state index in [2.05, 4.69) is 21.7 Å². The number of halogens is 1. The van der Waals surface area contributed by atoms with E-state index < -0.39 is 0 Å². The highest BCUT2D eigenvalue weighted by molar-refractivity contribution is 5.51. The number of aryl methyl sites for hydroxylation is 2. The van der Waals surface area contributed by atoms with Crippen LogP contribution in [0.2, 0.25) is 0 Å². The number of rotatable bonds is 8. The number of benzene rings is 1. The number of aromatic nitrogens is 2. The molecule has 1 aromatic carbocycles. The molecule has 1 aromatic heterocycles. The summed E-state index contributed by atoms with van der Waals surface area (Å²) in [4.78, 5) is 14.0. The maximum atomic E-state index is 13.6. The topological polar surface area (TPSA) is 52.5 Å². The van der Waals surface area contributed by atoms with Crippen LogP contribution in [-0.2, 0) is 6.42 Å². The zero-order valence-electron chi connectivity index (χ0n) is 17.9. The maximum absolute atomic E-state index is 13.6. The van der Waals surface area contributed by atoms with Gasteiger partial charge in [-0.15, -0.1) is 0 Å². The lowest BCUT2D eigenvalue weighted by Gasteiger charge is -2.37. The summed E-state index contributed by atoms with van der Waals surface area (Å²) in [7, 11) is 0. The van der Waals surface area contributed by atoms with E-state index in [0.29, 0.717) is 6.42 Å². The van der Waals surface area contributed by atoms with E-state index in [1.54, 1.807) is 12.1 Å². The molecular formula is C23H33FN4O. The fourth-order valence-electron chi connectivity index (χ4n) is 4.01. The summed E-state index contributed by atoms with van der Waals surface area (Å²) in [6.07, 6.45) is 3.44. The summed E-state index contributed by atoms with van der Waals surface area (Å²) in [5, 5.41) is 10.2. The highest BCUT2D eigenvalue weighted by Gasteiger charge is 2.23. The van der Waals surface area contributed by atoms with E-state index in [-0.39, 0.29) is 11.9 Å². The second-order valence-corrected chi connectivity index (χ2v) is 8.05. The van der Waals surface area contributed by atoms with Gasteiger partial charge in [0.1, 0.15) is 17.5 Å². The number of hydrogen-bond donors (Lipinski definition) is 1. The molecule has 1 fully saturated rings. The summed E-state index contributed by atoms with van der Waals surface area (Å²) in [6, 6.07) is 6.74. The molecule has 1 aliphatic rings. The van der Waals surface area contributed by atoms with Crippen molar-refractivity contribution in [1.29, 1.82) is 0 Å². The number of aliphatic hydroxyl groups excluding tert-OH is 1. The summed E-state index contributed by atoms with van der Waals surface area (Å²) in [5.41, 5.74) is 2.95. The minimum absolute atomic E-state index is 0.218. The van der Waals surface area contributed by atoms with Gasteiger partial charge in [-0.1, -0.05) is 31.9 Å². The molecule has 1 saturated heterocycles. The second-order valence-electron chi connectivity index (χ2n) is 8.05. The molecule has 0 saturated carbocycles. The molecular weight excluding hydrogens is 367 g/mol. The molecule has 29 heavy (non-hydrogen) atoms. The highest BCUT2D eigenvalue weighted by atomic mass is 19.1. The van der Waals surface area contributed by atoms with Crippen LogP contribution in [0.1, 0.15) is 48.8 Å². The quantitative estimate of drug-likeness (QED) is 0.735. The van der Waals surface area contributed by atoms with E-state index in [9.17, 15) is 9.50 Å². The van der Waals surface area contributed by atoms with Gasteiger partial charge in [0.2, 0.25) is 0 Å². The summed E-state index contributed by atoms with van der Waals surface area (Å²) in [5.74, 6) is 1.51. The number of nitrogens with zero attached hydrogens (tertiary/aromatic N) is 4. The molecule has 0 aliphatic carbocycles. The van der Waals surface area contributed by atoms with Crippen LogP contribution in [0.25, 0.3) is 0 Å². The molecule has 5 nitrogen and oxygen atoms in total. The van der Waals surface area contributed by atoms with Gasteiger partial charge in [0.25, 0.3) is 0 Å². The van der Waals surface area contributed by atoms with Crippen molar-refractivity contribution < 1.29 is 9.50 Å². The molecule has 158 valence electrons. The van der Waals surface area contributed by atoms with Gasteiger partial charge in [0.15, 0.2) is 0 Å². The SMILES string of the molecule is CCCCC(O)CN1CCN(c2nc(C)nc(C)c2Cc2cccc(F)c2)CC1. The van der Waals surface area contributed by atoms with Crippen molar-refractivity contribution in [2.45, 2.75) is 52.6 Å². The Morgan fingerprint density at radius 2 is 1.90 bits per heavy atom. The number of piperazine rings is 1. The van der Waals surface area contributed by atoms with E-state index >= 15 is 0 Å². The summed E-state index contributed by atoms with van der Waals surface area (Å²) in [6.45, 7) is 10.4. The second kappa shape index (κ2) is 10.1. The number of β-amino-alcohol motifs (C(OH)–C–C–N with tert-alkyl or cyclic N) is 1.